The van der Waals surface area contributed by atoms with E-state index < -0.39 is 28.8 Å². The van der Waals surface area contributed by atoms with E-state index >= 15 is 0 Å². The van der Waals surface area contributed by atoms with Crippen molar-refractivity contribution in [2.75, 3.05) is 57.7 Å². The van der Waals surface area contributed by atoms with Crippen LogP contribution in [-0.2, 0) is 32.2 Å². The molecule has 2 aliphatic heterocycles. The number of hydrogen-bond acceptors (Lipinski definition) is 11. The summed E-state index contributed by atoms with van der Waals surface area (Å²) in [5.41, 5.74) is 6.77. The topological polar surface area (TPSA) is 184 Å². The lowest BCUT2D eigenvalue weighted by Gasteiger charge is -2.34. The molecule has 0 saturated heterocycles. The SMILES string of the molecule is CNCc1cccc2c1OCCOCCOCCN(C(C)(C)C(=O)O)[S+]([O-])c1ccc(cc1)-c1cnc(N)c(n1)C(=O)N2. The van der Waals surface area contributed by atoms with E-state index in [1.807, 2.05) is 19.2 Å². The average molecular weight is 613 g/mol. The molecule has 5 rings (SSSR count). The third-order valence-corrected chi connectivity index (χ3v) is 8.43. The predicted molar refractivity (Wildman–Crippen MR) is 161 cm³/mol. The minimum absolute atomic E-state index is 0.0514. The molecule has 0 spiro atoms. The van der Waals surface area contributed by atoms with Crippen LogP contribution in [-0.4, -0.2) is 88.0 Å². The Bertz CT molecular complexity index is 1420. The van der Waals surface area contributed by atoms with Crippen LogP contribution in [0.4, 0.5) is 11.5 Å². The highest BCUT2D eigenvalue weighted by Gasteiger charge is 2.43. The molecule has 1 atom stereocenters. The number of aliphatic carboxylic acids is 1. The fraction of sp³-hybridized carbons (Fsp3) is 0.379. The molecule has 3 heterocycles. The molecule has 13 nitrogen and oxygen atoms in total. The number of carboxylic acids is 1. The summed E-state index contributed by atoms with van der Waals surface area (Å²) in [5, 5.41) is 15.8. The Hall–Kier alpha value is -3.79. The van der Waals surface area contributed by atoms with Crippen molar-refractivity contribution in [2.24, 2.45) is 0 Å². The van der Waals surface area contributed by atoms with Crippen molar-refractivity contribution in [3.05, 3.63) is 59.9 Å². The highest BCUT2D eigenvalue weighted by Crippen LogP contribution is 2.31. The molecule has 2 aromatic carbocycles. The van der Waals surface area contributed by atoms with Gasteiger partial charge in [-0.05, 0) is 51.2 Å². The van der Waals surface area contributed by atoms with Crippen LogP contribution in [0.2, 0.25) is 0 Å². The van der Waals surface area contributed by atoms with Gasteiger partial charge in [0, 0.05) is 17.7 Å². The van der Waals surface area contributed by atoms with Gasteiger partial charge in [-0.1, -0.05) is 12.1 Å². The van der Waals surface area contributed by atoms with Crippen LogP contribution < -0.4 is 21.1 Å². The van der Waals surface area contributed by atoms with Gasteiger partial charge in [-0.25, -0.2) is 9.97 Å². The number of amides is 1. The van der Waals surface area contributed by atoms with Crippen molar-refractivity contribution in [2.45, 2.75) is 30.8 Å². The molecule has 2 aliphatic rings. The van der Waals surface area contributed by atoms with E-state index in [-0.39, 0.29) is 51.1 Å². The number of fused-ring (bicyclic) bond motifs is 13. The van der Waals surface area contributed by atoms with Crippen molar-refractivity contribution in [3.8, 4) is 17.0 Å². The first kappa shape index (κ1) is 32.1. The Labute approximate surface area is 253 Å². The third kappa shape index (κ3) is 7.79. The first-order chi connectivity index (χ1) is 20.6. The summed E-state index contributed by atoms with van der Waals surface area (Å²) in [6.45, 7) is 4.71. The summed E-state index contributed by atoms with van der Waals surface area (Å²) in [7, 11) is 1.81. The number of nitrogens with zero attached hydrogens (tertiary/aromatic N) is 3. The van der Waals surface area contributed by atoms with E-state index in [4.69, 9.17) is 19.9 Å². The molecule has 1 aromatic heterocycles. The molecule has 5 N–H and O–H groups in total. The van der Waals surface area contributed by atoms with Gasteiger partial charge < -0.3 is 40.2 Å². The molecule has 0 saturated carbocycles. The summed E-state index contributed by atoms with van der Waals surface area (Å²) in [6.07, 6.45) is 1.44. The molecule has 230 valence electrons. The van der Waals surface area contributed by atoms with Gasteiger partial charge in [-0.15, -0.1) is 4.31 Å². The minimum Gasteiger partial charge on any atom is -0.593 e. The molecule has 0 radical (unpaired) electrons. The van der Waals surface area contributed by atoms with Crippen molar-refractivity contribution in [3.63, 3.8) is 0 Å². The van der Waals surface area contributed by atoms with Crippen molar-refractivity contribution < 1.29 is 33.5 Å². The molecule has 3 aromatic rings. The lowest BCUT2D eigenvalue weighted by Crippen LogP contribution is -2.54. The van der Waals surface area contributed by atoms with E-state index in [9.17, 15) is 19.2 Å². The van der Waals surface area contributed by atoms with Crippen LogP contribution in [0.25, 0.3) is 11.3 Å². The molecular formula is C29H36N6O7S. The first-order valence-electron chi connectivity index (χ1n) is 13.7. The van der Waals surface area contributed by atoms with Crippen LogP contribution in [0.1, 0.15) is 29.9 Å². The number of benzene rings is 2. The summed E-state index contributed by atoms with van der Waals surface area (Å²) >= 11 is -1.82. The zero-order valence-electron chi connectivity index (χ0n) is 24.3. The number of nitrogen functional groups attached to an aromatic ring is 1. The van der Waals surface area contributed by atoms with E-state index in [0.717, 1.165) is 5.56 Å². The Morgan fingerprint density at radius 3 is 2.53 bits per heavy atom. The highest BCUT2D eigenvalue weighted by atomic mass is 32.2. The maximum absolute atomic E-state index is 13.6. The van der Waals surface area contributed by atoms with Crippen LogP contribution in [0.15, 0.2) is 53.6 Å². The molecule has 4 bridgehead atoms. The lowest BCUT2D eigenvalue weighted by molar-refractivity contribution is -0.146. The standard InChI is InChI=1S/C29H36N6O7S/c1-29(2,28(37)38)35-11-12-40-13-14-41-15-16-42-25-20(17-31-3)5-4-6-22(25)34-27(36)24-26(30)32-18-23(33-24)19-7-9-21(10-8-19)43(35)39/h4-10,18,31H,11-17H2,1-3H3,(H2,30,32)(H,34,36)(H,37,38). The van der Waals surface area contributed by atoms with Crippen molar-refractivity contribution >= 4 is 34.7 Å². The average Bonchev–Trinajstić information content (AvgIpc) is 2.98. The number of nitrogens with one attached hydrogen (secondary N) is 2. The zero-order chi connectivity index (χ0) is 31.0. The Balaban J connectivity index is 1.69. The van der Waals surface area contributed by atoms with E-state index in [1.54, 1.807) is 30.3 Å². The Morgan fingerprint density at radius 2 is 1.84 bits per heavy atom. The molecule has 0 fully saturated rings. The molecule has 43 heavy (non-hydrogen) atoms. The second kappa shape index (κ2) is 14.6. The maximum Gasteiger partial charge on any atom is 0.328 e. The van der Waals surface area contributed by atoms with Crippen molar-refractivity contribution in [1.29, 1.82) is 0 Å². The van der Waals surface area contributed by atoms with E-state index in [1.165, 1.54) is 24.3 Å². The van der Waals surface area contributed by atoms with Gasteiger partial charge in [-0.3, -0.25) is 9.59 Å². The fourth-order valence-electron chi connectivity index (χ4n) is 4.29. The second-order valence-electron chi connectivity index (χ2n) is 10.1. The number of carboxylic acid groups (broad SMARTS) is 1. The highest BCUT2D eigenvalue weighted by molar-refractivity contribution is 7.89. The summed E-state index contributed by atoms with van der Waals surface area (Å²) < 4.78 is 32.3. The van der Waals surface area contributed by atoms with E-state index in [2.05, 4.69) is 20.6 Å². The molecule has 1 amide bonds. The molecule has 14 heteroatoms. The summed E-state index contributed by atoms with van der Waals surface area (Å²) in [4.78, 5) is 34.4. The molecule has 0 aliphatic carbocycles. The van der Waals surface area contributed by atoms with Gasteiger partial charge in [-0.2, -0.15) is 0 Å². The number of aromatic nitrogens is 2. The van der Waals surface area contributed by atoms with Crippen molar-refractivity contribution in [1.82, 2.24) is 19.6 Å². The van der Waals surface area contributed by atoms with Crippen LogP contribution in [0.3, 0.4) is 0 Å². The quantitative estimate of drug-likeness (QED) is 0.249. The number of anilines is 2. The normalized spacial score (nSPS) is 17.6. The van der Waals surface area contributed by atoms with Gasteiger partial charge >= 0.3 is 5.97 Å². The number of carbonyl (C=O) groups is 2. The maximum atomic E-state index is 13.6. The number of para-hydroxylation sites is 1. The fourth-order valence-corrected chi connectivity index (χ4v) is 5.64. The third-order valence-electron chi connectivity index (χ3n) is 6.71. The Kier molecular flexibility index (Phi) is 10.9. The zero-order valence-corrected chi connectivity index (χ0v) is 25.1. The summed E-state index contributed by atoms with van der Waals surface area (Å²) in [6, 6.07) is 12.0. The smallest absolute Gasteiger partial charge is 0.328 e. The minimum atomic E-state index is -1.82. The van der Waals surface area contributed by atoms with Crippen LogP contribution in [0, 0.1) is 0 Å². The lowest BCUT2D eigenvalue weighted by atomic mass is 10.1. The van der Waals surface area contributed by atoms with Crippen LogP contribution in [0.5, 0.6) is 5.75 Å². The van der Waals surface area contributed by atoms with Crippen LogP contribution >= 0.6 is 0 Å². The second-order valence-corrected chi connectivity index (χ2v) is 11.5. The predicted octanol–water partition coefficient (Wildman–Crippen LogP) is 2.31. The number of carbonyl (C=O) groups excluding carboxylic acids is 1. The largest absolute Gasteiger partial charge is 0.593 e. The number of hydrogen-bond donors (Lipinski definition) is 4. The Morgan fingerprint density at radius 1 is 1.14 bits per heavy atom. The molecular weight excluding hydrogens is 576 g/mol. The van der Waals surface area contributed by atoms with Gasteiger partial charge in [0.25, 0.3) is 5.91 Å². The molecule has 1 unspecified atom stereocenters. The van der Waals surface area contributed by atoms with Gasteiger partial charge in [0.05, 0.1) is 61.9 Å². The van der Waals surface area contributed by atoms with E-state index in [0.29, 0.717) is 34.1 Å². The number of rotatable bonds is 4. The first-order valence-corrected chi connectivity index (χ1v) is 14.8. The van der Waals surface area contributed by atoms with Gasteiger partial charge in [0.1, 0.15) is 12.4 Å². The van der Waals surface area contributed by atoms with Gasteiger partial charge in [0.2, 0.25) is 0 Å². The van der Waals surface area contributed by atoms with Gasteiger partial charge in [0.15, 0.2) is 21.9 Å². The summed E-state index contributed by atoms with van der Waals surface area (Å²) in [5.74, 6) is -1.26. The number of nitrogens with two attached hydrogens (primary N) is 1. The monoisotopic (exact) mass is 612 g/mol. The number of ether oxygens (including phenoxy) is 3.